The zero-order valence-corrected chi connectivity index (χ0v) is 11.7. The van der Waals surface area contributed by atoms with Gasteiger partial charge in [0.1, 0.15) is 0 Å². The van der Waals surface area contributed by atoms with Crippen molar-refractivity contribution >= 4 is 11.8 Å². The minimum absolute atomic E-state index is 0.653. The summed E-state index contributed by atoms with van der Waals surface area (Å²) >= 11 is 2.15. The van der Waals surface area contributed by atoms with Crippen LogP contribution in [0.3, 0.4) is 0 Å². The average molecular weight is 253 g/mol. The largest absolute Gasteiger partial charge is 0.316 e. The van der Waals surface area contributed by atoms with Crippen molar-refractivity contribution in [1.82, 2.24) is 15.1 Å². The SMILES string of the molecule is CNC(CCc1cnn(C)c1)C1CCCCS1. The van der Waals surface area contributed by atoms with E-state index in [2.05, 4.69) is 35.4 Å². The summed E-state index contributed by atoms with van der Waals surface area (Å²) in [7, 11) is 4.08. The second kappa shape index (κ2) is 6.45. The van der Waals surface area contributed by atoms with Gasteiger partial charge in [0.15, 0.2) is 0 Å². The van der Waals surface area contributed by atoms with Crippen molar-refractivity contribution in [3.8, 4) is 0 Å². The third kappa shape index (κ3) is 3.75. The molecule has 1 aromatic rings. The van der Waals surface area contributed by atoms with Gasteiger partial charge in [-0.05, 0) is 44.0 Å². The zero-order valence-electron chi connectivity index (χ0n) is 10.9. The van der Waals surface area contributed by atoms with Gasteiger partial charge in [-0.15, -0.1) is 0 Å². The summed E-state index contributed by atoms with van der Waals surface area (Å²) in [6.45, 7) is 0. The van der Waals surface area contributed by atoms with E-state index in [-0.39, 0.29) is 0 Å². The van der Waals surface area contributed by atoms with Crippen molar-refractivity contribution in [3.63, 3.8) is 0 Å². The Hall–Kier alpha value is -0.480. The summed E-state index contributed by atoms with van der Waals surface area (Å²) in [5.41, 5.74) is 1.36. The van der Waals surface area contributed by atoms with E-state index < -0.39 is 0 Å². The molecule has 0 amide bonds. The summed E-state index contributed by atoms with van der Waals surface area (Å²) in [6, 6.07) is 0.653. The quantitative estimate of drug-likeness (QED) is 0.872. The third-order valence-electron chi connectivity index (χ3n) is 3.54. The molecule has 3 nitrogen and oxygen atoms in total. The molecule has 1 N–H and O–H groups in total. The molecule has 1 saturated heterocycles. The monoisotopic (exact) mass is 253 g/mol. The predicted molar refractivity (Wildman–Crippen MR) is 74.5 cm³/mol. The number of thioether (sulfide) groups is 1. The molecule has 17 heavy (non-hydrogen) atoms. The van der Waals surface area contributed by atoms with Crippen molar-refractivity contribution in [1.29, 1.82) is 0 Å². The Kier molecular flexibility index (Phi) is 4.92. The summed E-state index contributed by atoms with van der Waals surface area (Å²) < 4.78 is 1.89. The van der Waals surface area contributed by atoms with Crippen molar-refractivity contribution in [2.24, 2.45) is 7.05 Å². The molecular weight excluding hydrogens is 230 g/mol. The van der Waals surface area contributed by atoms with Gasteiger partial charge in [-0.25, -0.2) is 0 Å². The van der Waals surface area contributed by atoms with Crippen LogP contribution in [0.4, 0.5) is 0 Å². The molecule has 0 saturated carbocycles. The standard InChI is InChI=1S/C13H23N3S/c1-14-12(13-5-3-4-8-17-13)7-6-11-9-15-16(2)10-11/h9-10,12-14H,3-8H2,1-2H3. The maximum Gasteiger partial charge on any atom is 0.0521 e. The highest BCUT2D eigenvalue weighted by Crippen LogP contribution is 2.29. The van der Waals surface area contributed by atoms with E-state index in [0.717, 1.165) is 11.7 Å². The highest BCUT2D eigenvalue weighted by molar-refractivity contribution is 8.00. The number of nitrogens with one attached hydrogen (secondary N) is 1. The first-order valence-corrected chi connectivity index (χ1v) is 7.61. The molecule has 2 atom stereocenters. The Bertz CT molecular complexity index is 331. The molecule has 1 aliphatic heterocycles. The molecule has 0 aliphatic carbocycles. The second-order valence-electron chi connectivity index (χ2n) is 4.86. The lowest BCUT2D eigenvalue weighted by atomic mass is 10.0. The molecular formula is C13H23N3S. The first kappa shape index (κ1) is 13.0. The molecule has 0 radical (unpaired) electrons. The molecule has 2 rings (SSSR count). The van der Waals surface area contributed by atoms with Gasteiger partial charge in [-0.3, -0.25) is 4.68 Å². The Balaban J connectivity index is 1.82. The maximum absolute atomic E-state index is 4.22. The number of hydrogen-bond acceptors (Lipinski definition) is 3. The summed E-state index contributed by atoms with van der Waals surface area (Å²) in [4.78, 5) is 0. The van der Waals surface area contributed by atoms with E-state index in [0.29, 0.717) is 6.04 Å². The summed E-state index contributed by atoms with van der Waals surface area (Å²) in [5.74, 6) is 1.34. The van der Waals surface area contributed by atoms with Crippen LogP contribution < -0.4 is 5.32 Å². The van der Waals surface area contributed by atoms with Crippen LogP contribution in [0.1, 0.15) is 31.2 Å². The van der Waals surface area contributed by atoms with Crippen LogP contribution in [0.5, 0.6) is 0 Å². The van der Waals surface area contributed by atoms with Gasteiger partial charge in [-0.2, -0.15) is 16.9 Å². The molecule has 0 bridgehead atoms. The van der Waals surface area contributed by atoms with Crippen molar-refractivity contribution in [2.45, 2.75) is 43.4 Å². The molecule has 1 fully saturated rings. The van der Waals surface area contributed by atoms with Crippen LogP contribution in [0.2, 0.25) is 0 Å². The molecule has 2 heterocycles. The Morgan fingerprint density at radius 3 is 3.06 bits per heavy atom. The number of aryl methyl sites for hydroxylation is 2. The fourth-order valence-corrected chi connectivity index (χ4v) is 4.03. The van der Waals surface area contributed by atoms with Crippen LogP contribution in [-0.2, 0) is 13.5 Å². The van der Waals surface area contributed by atoms with E-state index in [1.54, 1.807) is 0 Å². The van der Waals surface area contributed by atoms with Gasteiger partial charge in [0.25, 0.3) is 0 Å². The van der Waals surface area contributed by atoms with Crippen LogP contribution in [0, 0.1) is 0 Å². The van der Waals surface area contributed by atoms with Gasteiger partial charge in [0, 0.05) is 24.5 Å². The highest BCUT2D eigenvalue weighted by Gasteiger charge is 2.22. The first-order valence-electron chi connectivity index (χ1n) is 6.56. The van der Waals surface area contributed by atoms with Crippen molar-refractivity contribution < 1.29 is 0 Å². The fraction of sp³-hybridized carbons (Fsp3) is 0.769. The lowest BCUT2D eigenvalue weighted by Crippen LogP contribution is -2.37. The summed E-state index contributed by atoms with van der Waals surface area (Å²) in [6.07, 6.45) is 10.7. The van der Waals surface area contributed by atoms with E-state index in [1.807, 2.05) is 17.9 Å². The predicted octanol–water partition coefficient (Wildman–Crippen LogP) is 2.23. The van der Waals surface area contributed by atoms with Gasteiger partial charge in [0.05, 0.1) is 6.20 Å². The Labute approximate surface area is 108 Å². The van der Waals surface area contributed by atoms with Crippen LogP contribution in [-0.4, -0.2) is 33.9 Å². The van der Waals surface area contributed by atoms with E-state index >= 15 is 0 Å². The molecule has 0 aromatic carbocycles. The van der Waals surface area contributed by atoms with E-state index in [9.17, 15) is 0 Å². The van der Waals surface area contributed by atoms with Gasteiger partial charge < -0.3 is 5.32 Å². The highest BCUT2D eigenvalue weighted by atomic mass is 32.2. The number of aromatic nitrogens is 2. The van der Waals surface area contributed by atoms with Crippen LogP contribution in [0.15, 0.2) is 12.4 Å². The van der Waals surface area contributed by atoms with Crippen molar-refractivity contribution in [3.05, 3.63) is 18.0 Å². The minimum atomic E-state index is 0.653. The van der Waals surface area contributed by atoms with Gasteiger partial charge in [-0.1, -0.05) is 6.42 Å². The second-order valence-corrected chi connectivity index (χ2v) is 6.21. The average Bonchev–Trinajstić information content (AvgIpc) is 2.77. The molecule has 1 aliphatic rings. The number of nitrogens with zero attached hydrogens (tertiary/aromatic N) is 2. The molecule has 96 valence electrons. The topological polar surface area (TPSA) is 29.9 Å². The summed E-state index contributed by atoms with van der Waals surface area (Å²) in [5, 5.41) is 8.54. The molecule has 2 unspecified atom stereocenters. The molecule has 1 aromatic heterocycles. The number of hydrogen-bond donors (Lipinski definition) is 1. The zero-order chi connectivity index (χ0) is 12.1. The van der Waals surface area contributed by atoms with Crippen LogP contribution in [0.25, 0.3) is 0 Å². The minimum Gasteiger partial charge on any atom is -0.316 e. The molecule has 0 spiro atoms. The lowest BCUT2D eigenvalue weighted by molar-refractivity contribution is 0.470. The Morgan fingerprint density at radius 1 is 1.59 bits per heavy atom. The van der Waals surface area contributed by atoms with Gasteiger partial charge in [0.2, 0.25) is 0 Å². The van der Waals surface area contributed by atoms with Crippen LogP contribution >= 0.6 is 11.8 Å². The smallest absolute Gasteiger partial charge is 0.0521 e. The Morgan fingerprint density at radius 2 is 2.47 bits per heavy atom. The van der Waals surface area contributed by atoms with E-state index in [1.165, 1.54) is 37.0 Å². The molecule has 4 heteroatoms. The lowest BCUT2D eigenvalue weighted by Gasteiger charge is -2.29. The third-order valence-corrected chi connectivity index (χ3v) is 5.05. The first-order chi connectivity index (χ1) is 8.29. The maximum atomic E-state index is 4.22. The van der Waals surface area contributed by atoms with Gasteiger partial charge >= 0.3 is 0 Å². The van der Waals surface area contributed by atoms with E-state index in [4.69, 9.17) is 0 Å². The fourth-order valence-electron chi connectivity index (χ4n) is 2.52. The number of rotatable bonds is 5. The normalized spacial score (nSPS) is 22.6. The van der Waals surface area contributed by atoms with Crippen molar-refractivity contribution in [2.75, 3.05) is 12.8 Å².